The molecule has 0 aromatic carbocycles. The smallest absolute Gasteiger partial charge is 0.295 e. The van der Waals surface area contributed by atoms with Crippen LogP contribution in [0, 0.1) is 6.92 Å². The van der Waals surface area contributed by atoms with Crippen molar-refractivity contribution in [1.82, 2.24) is 19.2 Å². The van der Waals surface area contributed by atoms with Crippen LogP contribution in [0.1, 0.15) is 29.6 Å². The molecule has 3 aromatic rings. The van der Waals surface area contributed by atoms with Crippen molar-refractivity contribution in [2.24, 2.45) is 0 Å². The van der Waals surface area contributed by atoms with Crippen LogP contribution in [0.3, 0.4) is 0 Å². The van der Waals surface area contributed by atoms with Crippen molar-refractivity contribution >= 4 is 23.1 Å². The second-order valence-corrected chi connectivity index (χ2v) is 7.64. The monoisotopic (exact) mass is 408 g/mol. The molecule has 4 heterocycles. The van der Waals surface area contributed by atoms with Gasteiger partial charge in [0.15, 0.2) is 5.76 Å². The summed E-state index contributed by atoms with van der Waals surface area (Å²) in [7, 11) is 3.90. The highest BCUT2D eigenvalue weighted by atomic mass is 16.3. The number of fused-ring (bicyclic) bond motifs is 1. The summed E-state index contributed by atoms with van der Waals surface area (Å²) in [6, 6.07) is 8.11. The van der Waals surface area contributed by atoms with E-state index in [9.17, 15) is 14.7 Å². The molecule has 0 bridgehead atoms. The Bertz CT molecular complexity index is 1130. The Hall–Kier alpha value is -3.39. The summed E-state index contributed by atoms with van der Waals surface area (Å²) >= 11 is 0. The Morgan fingerprint density at radius 1 is 1.23 bits per heavy atom. The minimum Gasteiger partial charge on any atom is -0.505 e. The first kappa shape index (κ1) is 19.9. The Morgan fingerprint density at radius 2 is 2.03 bits per heavy atom. The van der Waals surface area contributed by atoms with Gasteiger partial charge in [-0.15, -0.1) is 0 Å². The van der Waals surface area contributed by atoms with Gasteiger partial charge in [0.05, 0.1) is 17.5 Å². The number of aryl methyl sites for hydroxylation is 1. The standard InChI is InChI=1S/C22H24N4O4/c1-14-18(25-11-5-4-9-16(25)23-14)20(27)17-19(15-8-6-13-30-15)26(22(29)21(17)28)12-7-10-24(2)3/h4-6,8-9,11,13,19,27H,7,10,12H2,1-3H3/b20-17+/t19-/m1/s1. The maximum Gasteiger partial charge on any atom is 0.295 e. The van der Waals surface area contributed by atoms with E-state index < -0.39 is 17.7 Å². The average molecular weight is 408 g/mol. The molecule has 1 aliphatic rings. The zero-order valence-corrected chi connectivity index (χ0v) is 17.2. The first-order valence-corrected chi connectivity index (χ1v) is 9.80. The number of furan rings is 1. The van der Waals surface area contributed by atoms with Crippen molar-refractivity contribution in [2.45, 2.75) is 19.4 Å². The molecule has 1 saturated heterocycles. The van der Waals surface area contributed by atoms with Gasteiger partial charge in [-0.3, -0.25) is 14.0 Å². The molecule has 8 heteroatoms. The number of hydrogen-bond donors (Lipinski definition) is 1. The lowest BCUT2D eigenvalue weighted by Gasteiger charge is -2.24. The van der Waals surface area contributed by atoms with Crippen LogP contribution in [0.5, 0.6) is 0 Å². The van der Waals surface area contributed by atoms with Crippen molar-refractivity contribution in [3.05, 3.63) is 65.5 Å². The molecular formula is C22H24N4O4. The van der Waals surface area contributed by atoms with Crippen molar-refractivity contribution in [1.29, 1.82) is 0 Å². The van der Waals surface area contributed by atoms with E-state index in [4.69, 9.17) is 4.42 Å². The molecule has 1 amide bonds. The van der Waals surface area contributed by atoms with Crippen molar-refractivity contribution in [3.8, 4) is 0 Å². The second-order valence-electron chi connectivity index (χ2n) is 7.64. The Morgan fingerprint density at radius 3 is 2.73 bits per heavy atom. The number of carbonyl (C=O) groups excluding carboxylic acids is 2. The van der Waals surface area contributed by atoms with E-state index in [1.807, 2.05) is 37.2 Å². The number of aliphatic hydroxyl groups is 1. The molecule has 30 heavy (non-hydrogen) atoms. The maximum atomic E-state index is 13.0. The summed E-state index contributed by atoms with van der Waals surface area (Å²) in [5, 5.41) is 11.2. The molecule has 0 spiro atoms. The summed E-state index contributed by atoms with van der Waals surface area (Å²) in [5.41, 5.74) is 1.63. The number of Topliss-reactive ketones (excluding diaryl/α,β-unsaturated/α-hetero) is 1. The number of nitrogens with zero attached hydrogens (tertiary/aromatic N) is 4. The summed E-state index contributed by atoms with van der Waals surface area (Å²) in [6.45, 7) is 2.90. The zero-order chi connectivity index (χ0) is 21.4. The number of likely N-dealkylation sites (tertiary alicyclic amines) is 1. The molecule has 8 nitrogen and oxygen atoms in total. The van der Waals surface area contributed by atoms with Crippen LogP contribution in [0.2, 0.25) is 0 Å². The third-order valence-electron chi connectivity index (χ3n) is 5.29. The minimum absolute atomic E-state index is 0.0218. The van der Waals surface area contributed by atoms with Gasteiger partial charge in [-0.2, -0.15) is 0 Å². The fourth-order valence-corrected chi connectivity index (χ4v) is 3.94. The zero-order valence-electron chi connectivity index (χ0n) is 17.2. The number of carbonyl (C=O) groups is 2. The number of imidazole rings is 1. The topological polar surface area (TPSA) is 91.3 Å². The lowest BCUT2D eigenvalue weighted by molar-refractivity contribution is -0.140. The molecule has 1 aliphatic heterocycles. The molecule has 0 unspecified atom stereocenters. The second kappa shape index (κ2) is 7.79. The van der Waals surface area contributed by atoms with Gasteiger partial charge >= 0.3 is 0 Å². The lowest BCUT2D eigenvalue weighted by Crippen LogP contribution is -2.32. The highest BCUT2D eigenvalue weighted by molar-refractivity contribution is 6.46. The molecule has 156 valence electrons. The van der Waals surface area contributed by atoms with Gasteiger partial charge in [0.25, 0.3) is 11.7 Å². The largest absolute Gasteiger partial charge is 0.505 e. The Balaban J connectivity index is 1.85. The van der Waals surface area contributed by atoms with Gasteiger partial charge in [0.1, 0.15) is 23.1 Å². The number of ketones is 1. The van der Waals surface area contributed by atoms with Gasteiger partial charge in [0.2, 0.25) is 0 Å². The maximum absolute atomic E-state index is 13.0. The summed E-state index contributed by atoms with van der Waals surface area (Å²) < 4.78 is 7.27. The molecule has 0 radical (unpaired) electrons. The van der Waals surface area contributed by atoms with Crippen LogP contribution < -0.4 is 0 Å². The van der Waals surface area contributed by atoms with E-state index in [0.29, 0.717) is 35.8 Å². The van der Waals surface area contributed by atoms with E-state index in [-0.39, 0.29) is 11.3 Å². The highest BCUT2D eigenvalue weighted by Crippen LogP contribution is 2.40. The summed E-state index contributed by atoms with van der Waals surface area (Å²) in [6.07, 6.45) is 3.94. The van der Waals surface area contributed by atoms with Crippen LogP contribution in [0.15, 0.2) is 52.8 Å². The molecular weight excluding hydrogens is 384 g/mol. The molecule has 1 fully saturated rings. The Kier molecular flexibility index (Phi) is 5.17. The van der Waals surface area contributed by atoms with E-state index in [1.165, 1.54) is 11.2 Å². The third kappa shape index (κ3) is 3.29. The van der Waals surface area contributed by atoms with Gasteiger partial charge in [0, 0.05) is 12.7 Å². The summed E-state index contributed by atoms with van der Waals surface area (Å²) in [4.78, 5) is 33.8. The van der Waals surface area contributed by atoms with Crippen molar-refractivity contribution < 1.29 is 19.1 Å². The van der Waals surface area contributed by atoms with Crippen LogP contribution in [0.25, 0.3) is 11.4 Å². The van der Waals surface area contributed by atoms with Crippen LogP contribution in [-0.2, 0) is 9.59 Å². The van der Waals surface area contributed by atoms with E-state index in [1.54, 1.807) is 29.7 Å². The fourth-order valence-electron chi connectivity index (χ4n) is 3.94. The average Bonchev–Trinajstić information content (AvgIpc) is 3.40. The quantitative estimate of drug-likeness (QED) is 0.383. The van der Waals surface area contributed by atoms with Crippen LogP contribution in [-0.4, -0.2) is 63.2 Å². The molecule has 0 saturated carbocycles. The number of amides is 1. The van der Waals surface area contributed by atoms with Crippen LogP contribution in [0.4, 0.5) is 0 Å². The summed E-state index contributed by atoms with van der Waals surface area (Å²) in [5.74, 6) is -1.17. The lowest BCUT2D eigenvalue weighted by atomic mass is 10.0. The first-order chi connectivity index (χ1) is 14.4. The SMILES string of the molecule is Cc1nc2ccccn2c1/C(O)=C1\C(=O)C(=O)N(CCCN(C)C)[C@@H]1c1ccco1. The first-order valence-electron chi connectivity index (χ1n) is 9.80. The van der Waals surface area contributed by atoms with E-state index in [2.05, 4.69) is 4.98 Å². The number of aliphatic hydroxyl groups excluding tert-OH is 1. The minimum atomic E-state index is -0.782. The molecule has 3 aromatic heterocycles. The number of pyridine rings is 1. The number of aromatic nitrogens is 2. The predicted molar refractivity (Wildman–Crippen MR) is 111 cm³/mol. The number of hydrogen-bond acceptors (Lipinski definition) is 6. The van der Waals surface area contributed by atoms with Crippen molar-refractivity contribution in [3.63, 3.8) is 0 Å². The van der Waals surface area contributed by atoms with Crippen LogP contribution >= 0.6 is 0 Å². The fraction of sp³-hybridized carbons (Fsp3) is 0.318. The molecule has 4 rings (SSSR count). The van der Waals surface area contributed by atoms with Gasteiger partial charge in [-0.1, -0.05) is 6.07 Å². The van der Waals surface area contributed by atoms with Gasteiger partial charge in [-0.05, 0) is 58.3 Å². The number of rotatable bonds is 6. The van der Waals surface area contributed by atoms with Gasteiger partial charge in [-0.25, -0.2) is 4.98 Å². The van der Waals surface area contributed by atoms with E-state index in [0.717, 1.165) is 6.54 Å². The molecule has 0 aliphatic carbocycles. The van der Waals surface area contributed by atoms with Gasteiger partial charge < -0.3 is 19.3 Å². The predicted octanol–water partition coefficient (Wildman–Crippen LogP) is 2.61. The Labute approximate surface area is 174 Å². The third-order valence-corrected chi connectivity index (χ3v) is 5.29. The van der Waals surface area contributed by atoms with Crippen molar-refractivity contribution in [2.75, 3.05) is 27.2 Å². The normalized spacial score (nSPS) is 18.8. The highest BCUT2D eigenvalue weighted by Gasteiger charge is 2.47. The van der Waals surface area contributed by atoms with E-state index >= 15 is 0 Å². The molecule has 1 atom stereocenters. The molecule has 1 N–H and O–H groups in total.